The number of carbonyl (C=O) groups excluding carboxylic acids is 1. The summed E-state index contributed by atoms with van der Waals surface area (Å²) in [6.45, 7) is 4.52. The van der Waals surface area contributed by atoms with E-state index < -0.39 is 0 Å². The Morgan fingerprint density at radius 2 is 1.58 bits per heavy atom. The standard InChI is InChI=1S/C15H26N2O.ClH/c1-15(2,16)8-17-14(18)13-11-4-9-3-10(6-11)7-12(13)5-9;/h9-13H,3-8,16H2,1-2H3,(H,17,18);1H. The zero-order chi connectivity index (χ0) is 12.9. The van der Waals surface area contributed by atoms with Crippen LogP contribution in [-0.4, -0.2) is 18.0 Å². The van der Waals surface area contributed by atoms with Gasteiger partial charge >= 0.3 is 0 Å². The van der Waals surface area contributed by atoms with Crippen molar-refractivity contribution in [3.63, 3.8) is 0 Å². The highest BCUT2D eigenvalue weighted by atomic mass is 35.5. The Balaban J connectivity index is 0.00000133. The number of hydrogen-bond donors (Lipinski definition) is 2. The van der Waals surface area contributed by atoms with Crippen molar-refractivity contribution < 1.29 is 4.79 Å². The molecule has 110 valence electrons. The van der Waals surface area contributed by atoms with Gasteiger partial charge in [-0.05, 0) is 69.6 Å². The number of amides is 1. The lowest BCUT2D eigenvalue weighted by Crippen LogP contribution is -2.53. The van der Waals surface area contributed by atoms with Crippen molar-refractivity contribution in [2.45, 2.75) is 51.5 Å². The van der Waals surface area contributed by atoms with E-state index in [0.29, 0.717) is 24.3 Å². The van der Waals surface area contributed by atoms with Gasteiger partial charge in [0.15, 0.2) is 0 Å². The Morgan fingerprint density at radius 3 is 2.00 bits per heavy atom. The molecule has 0 spiro atoms. The first-order valence-corrected chi connectivity index (χ1v) is 7.49. The van der Waals surface area contributed by atoms with E-state index in [1.54, 1.807) is 0 Å². The summed E-state index contributed by atoms with van der Waals surface area (Å²) in [5.74, 6) is 3.77. The third-order valence-corrected chi connectivity index (χ3v) is 5.25. The lowest BCUT2D eigenvalue weighted by atomic mass is 9.51. The van der Waals surface area contributed by atoms with Crippen LogP contribution in [0.1, 0.15) is 46.0 Å². The maximum Gasteiger partial charge on any atom is 0.223 e. The lowest BCUT2D eigenvalue weighted by molar-refractivity contribution is -0.138. The van der Waals surface area contributed by atoms with Crippen molar-refractivity contribution >= 4 is 18.3 Å². The predicted molar refractivity (Wildman–Crippen MR) is 79.1 cm³/mol. The van der Waals surface area contributed by atoms with Gasteiger partial charge in [0.2, 0.25) is 5.91 Å². The SMILES string of the molecule is CC(C)(N)CNC(=O)C1C2CC3CC(C2)CC1C3.Cl. The number of rotatable bonds is 3. The molecule has 0 atom stereocenters. The minimum absolute atomic E-state index is 0. The molecule has 19 heavy (non-hydrogen) atoms. The van der Waals surface area contributed by atoms with Crippen molar-refractivity contribution in [2.24, 2.45) is 35.3 Å². The molecule has 3 N–H and O–H groups in total. The summed E-state index contributed by atoms with van der Waals surface area (Å²) in [6.07, 6.45) is 6.65. The minimum atomic E-state index is -0.304. The second-order valence-corrected chi connectivity index (χ2v) is 7.66. The van der Waals surface area contributed by atoms with Crippen LogP contribution >= 0.6 is 12.4 Å². The third-order valence-electron chi connectivity index (χ3n) is 5.25. The van der Waals surface area contributed by atoms with Crippen molar-refractivity contribution in [3.05, 3.63) is 0 Å². The summed E-state index contributed by atoms with van der Waals surface area (Å²) < 4.78 is 0. The average Bonchev–Trinajstić information content (AvgIpc) is 2.23. The topological polar surface area (TPSA) is 55.1 Å². The number of halogens is 1. The molecule has 0 unspecified atom stereocenters. The van der Waals surface area contributed by atoms with Crippen LogP contribution in [0.15, 0.2) is 0 Å². The maximum atomic E-state index is 12.4. The molecule has 0 saturated heterocycles. The van der Waals surface area contributed by atoms with E-state index in [-0.39, 0.29) is 23.9 Å². The van der Waals surface area contributed by atoms with Gasteiger partial charge in [-0.15, -0.1) is 12.4 Å². The number of carbonyl (C=O) groups is 1. The Kier molecular flexibility index (Phi) is 4.18. The number of nitrogens with one attached hydrogen (secondary N) is 1. The van der Waals surface area contributed by atoms with Crippen LogP contribution in [0.4, 0.5) is 0 Å². The van der Waals surface area contributed by atoms with E-state index in [4.69, 9.17) is 5.73 Å². The van der Waals surface area contributed by atoms with Crippen molar-refractivity contribution in [2.75, 3.05) is 6.54 Å². The molecule has 0 radical (unpaired) electrons. The molecule has 0 aromatic carbocycles. The third kappa shape index (κ3) is 3.08. The van der Waals surface area contributed by atoms with Gasteiger partial charge in [-0.2, -0.15) is 0 Å². The fraction of sp³-hybridized carbons (Fsp3) is 0.933. The lowest BCUT2D eigenvalue weighted by Gasteiger charge is -2.53. The molecule has 0 aromatic rings. The first kappa shape index (κ1) is 15.1. The Labute approximate surface area is 122 Å². The first-order chi connectivity index (χ1) is 8.42. The maximum absolute atomic E-state index is 12.4. The van der Waals surface area contributed by atoms with Gasteiger partial charge in [0.1, 0.15) is 0 Å². The predicted octanol–water partition coefficient (Wildman–Crippen LogP) is 2.33. The summed E-state index contributed by atoms with van der Waals surface area (Å²) in [4.78, 5) is 12.4. The summed E-state index contributed by atoms with van der Waals surface area (Å²) in [7, 11) is 0. The summed E-state index contributed by atoms with van der Waals surface area (Å²) in [6, 6.07) is 0. The first-order valence-electron chi connectivity index (χ1n) is 7.49. The monoisotopic (exact) mass is 286 g/mol. The van der Waals surface area contributed by atoms with Crippen molar-refractivity contribution in [3.8, 4) is 0 Å². The van der Waals surface area contributed by atoms with Crippen molar-refractivity contribution in [1.82, 2.24) is 5.32 Å². The fourth-order valence-corrected chi connectivity index (χ4v) is 4.79. The Hall–Kier alpha value is -0.280. The van der Waals surface area contributed by atoms with Crippen LogP contribution in [0.2, 0.25) is 0 Å². The van der Waals surface area contributed by atoms with E-state index in [1.807, 2.05) is 13.8 Å². The molecular weight excluding hydrogens is 260 g/mol. The van der Waals surface area contributed by atoms with E-state index in [0.717, 1.165) is 11.8 Å². The van der Waals surface area contributed by atoms with Gasteiger partial charge < -0.3 is 11.1 Å². The fourth-order valence-electron chi connectivity index (χ4n) is 4.79. The molecule has 4 aliphatic carbocycles. The quantitative estimate of drug-likeness (QED) is 0.837. The second-order valence-electron chi connectivity index (χ2n) is 7.66. The molecule has 0 heterocycles. The normalized spacial score (nSPS) is 39.8. The minimum Gasteiger partial charge on any atom is -0.354 e. The highest BCUT2D eigenvalue weighted by Gasteiger charge is 2.50. The van der Waals surface area contributed by atoms with Crippen LogP contribution < -0.4 is 11.1 Å². The molecule has 1 amide bonds. The molecule has 0 aliphatic heterocycles. The van der Waals surface area contributed by atoms with E-state index in [1.165, 1.54) is 32.1 Å². The van der Waals surface area contributed by atoms with Gasteiger partial charge in [0, 0.05) is 18.0 Å². The van der Waals surface area contributed by atoms with Gasteiger partial charge in [-0.25, -0.2) is 0 Å². The molecule has 0 aromatic heterocycles. The zero-order valence-corrected chi connectivity index (χ0v) is 12.8. The van der Waals surface area contributed by atoms with E-state index in [9.17, 15) is 4.79 Å². The largest absolute Gasteiger partial charge is 0.354 e. The molecule has 3 nitrogen and oxygen atoms in total. The summed E-state index contributed by atoms with van der Waals surface area (Å²) >= 11 is 0. The van der Waals surface area contributed by atoms with Gasteiger partial charge in [0.25, 0.3) is 0 Å². The average molecular weight is 287 g/mol. The molecule has 4 bridgehead atoms. The van der Waals surface area contributed by atoms with Crippen LogP contribution in [0.3, 0.4) is 0 Å². The highest BCUT2D eigenvalue weighted by Crippen LogP contribution is 2.56. The molecule has 4 saturated carbocycles. The summed E-state index contributed by atoms with van der Waals surface area (Å²) in [5, 5.41) is 3.09. The second kappa shape index (κ2) is 5.25. The van der Waals surface area contributed by atoms with Gasteiger partial charge in [0.05, 0.1) is 0 Å². The molecular formula is C15H27ClN2O. The molecule has 4 rings (SSSR count). The summed E-state index contributed by atoms with van der Waals surface area (Å²) in [5.41, 5.74) is 5.64. The van der Waals surface area contributed by atoms with Crippen LogP contribution in [0.5, 0.6) is 0 Å². The van der Waals surface area contributed by atoms with Gasteiger partial charge in [-0.1, -0.05) is 0 Å². The van der Waals surface area contributed by atoms with Crippen LogP contribution in [-0.2, 0) is 4.79 Å². The molecule has 4 fully saturated rings. The van der Waals surface area contributed by atoms with Crippen LogP contribution in [0.25, 0.3) is 0 Å². The smallest absolute Gasteiger partial charge is 0.223 e. The molecule has 4 aliphatic rings. The van der Waals surface area contributed by atoms with Crippen molar-refractivity contribution in [1.29, 1.82) is 0 Å². The Bertz CT molecular complexity index is 323. The van der Waals surface area contributed by atoms with Crippen LogP contribution in [0, 0.1) is 29.6 Å². The highest BCUT2D eigenvalue weighted by molar-refractivity contribution is 5.85. The number of hydrogen-bond acceptors (Lipinski definition) is 2. The van der Waals surface area contributed by atoms with E-state index in [2.05, 4.69) is 5.32 Å². The van der Waals surface area contributed by atoms with E-state index >= 15 is 0 Å². The Morgan fingerprint density at radius 1 is 1.11 bits per heavy atom. The zero-order valence-electron chi connectivity index (χ0n) is 12.0. The molecule has 4 heteroatoms. The van der Waals surface area contributed by atoms with Gasteiger partial charge in [-0.3, -0.25) is 4.79 Å². The number of nitrogens with two attached hydrogens (primary N) is 1.